The number of nitriles is 1. The lowest BCUT2D eigenvalue weighted by molar-refractivity contribution is 0.0122. The lowest BCUT2D eigenvalue weighted by Crippen LogP contribution is -2.44. The minimum atomic E-state index is -0.714. The Bertz CT molecular complexity index is 1710. The number of aromatic nitrogens is 2. The second-order valence-electron chi connectivity index (χ2n) is 14.8. The van der Waals surface area contributed by atoms with Crippen molar-refractivity contribution in [3.63, 3.8) is 0 Å². The van der Waals surface area contributed by atoms with Gasteiger partial charge in [-0.15, -0.1) is 11.3 Å². The number of aryl methyl sites for hydroxylation is 1. The number of hydrogen-bond acceptors (Lipinski definition) is 11. The van der Waals surface area contributed by atoms with Crippen LogP contribution in [0.3, 0.4) is 0 Å². The Morgan fingerprint density at radius 1 is 1.16 bits per heavy atom. The zero-order valence-electron chi connectivity index (χ0n) is 30.5. The lowest BCUT2D eigenvalue weighted by atomic mass is 9.73. The summed E-state index contributed by atoms with van der Waals surface area (Å²) in [6, 6.07) is 4.20. The summed E-state index contributed by atoms with van der Waals surface area (Å²) in [6.45, 7) is 11.5. The molecule has 50 heavy (non-hydrogen) atoms. The number of aliphatic imine (C=N–C) groups is 1. The number of likely N-dealkylation sites (tertiary alicyclic amines) is 2. The SMILES string of the molecule is C[C@H](Oc1cc(OC2CCN(C(=O)OC(C)(C)C)CC2)nc(C(=O)C#C[C@@]2(C)CCCc3sc(/N=C/N(C)C)c(C#N)c32)n1)[C@@H]1CCCN1C. The summed E-state index contributed by atoms with van der Waals surface area (Å²) in [6.07, 6.45) is 6.63. The number of piperidine rings is 1. The third-order valence-corrected chi connectivity index (χ3v) is 10.4. The van der Waals surface area contributed by atoms with E-state index >= 15 is 0 Å². The van der Waals surface area contributed by atoms with E-state index in [1.807, 2.05) is 53.6 Å². The first-order valence-corrected chi connectivity index (χ1v) is 18.2. The largest absolute Gasteiger partial charge is 0.474 e. The van der Waals surface area contributed by atoms with E-state index in [2.05, 4.69) is 44.8 Å². The van der Waals surface area contributed by atoms with Crippen LogP contribution in [0.1, 0.15) is 99.8 Å². The third kappa shape index (κ3) is 8.93. The molecule has 2 aliphatic heterocycles. The zero-order chi connectivity index (χ0) is 36.2. The van der Waals surface area contributed by atoms with Crippen LogP contribution in [0.15, 0.2) is 11.1 Å². The Kier molecular flexibility index (Phi) is 11.4. The molecule has 1 aliphatic carbocycles. The van der Waals surface area contributed by atoms with Crippen LogP contribution in [0.5, 0.6) is 11.8 Å². The number of ketones is 1. The molecular weight excluding hydrogens is 655 g/mol. The van der Waals surface area contributed by atoms with Crippen LogP contribution in [-0.2, 0) is 16.6 Å². The summed E-state index contributed by atoms with van der Waals surface area (Å²) >= 11 is 1.51. The molecule has 5 rings (SSSR count). The summed E-state index contributed by atoms with van der Waals surface area (Å²) in [5.74, 6) is 5.86. The standard InChI is InChI=1S/C37H49N7O5S/c1-24(27-11-10-18-43(27)8)47-30-21-31(48-25-14-19-44(20-15-25)35(46)49-36(2,3)4)41-33(40-30)28(45)13-17-37(5)16-9-12-29-32(37)26(22-38)34(50-29)39-23-42(6)7/h21,23-25,27H,9-12,14-16,18-20H2,1-8H3/b39-23+/t24-,27-,37+/m0/s1. The van der Waals surface area contributed by atoms with Crippen molar-refractivity contribution in [1.29, 1.82) is 5.26 Å². The van der Waals surface area contributed by atoms with Crippen LogP contribution in [0.2, 0.25) is 0 Å². The maximum absolute atomic E-state index is 13.7. The first-order chi connectivity index (χ1) is 23.7. The Labute approximate surface area is 299 Å². The lowest BCUT2D eigenvalue weighted by Gasteiger charge is -2.33. The van der Waals surface area contributed by atoms with Crippen LogP contribution in [-0.4, -0.2) is 108 Å². The number of carbonyl (C=O) groups excluding carboxylic acids is 2. The average Bonchev–Trinajstić information content (AvgIpc) is 3.65. The molecule has 0 saturated carbocycles. The normalized spacial score (nSPS) is 21.9. The van der Waals surface area contributed by atoms with E-state index in [-0.39, 0.29) is 41.9 Å². The molecule has 0 bridgehead atoms. The van der Waals surface area contributed by atoms with Crippen LogP contribution < -0.4 is 9.47 Å². The van der Waals surface area contributed by atoms with Crippen LogP contribution >= 0.6 is 11.3 Å². The maximum atomic E-state index is 13.7. The highest BCUT2D eigenvalue weighted by Crippen LogP contribution is 2.47. The number of thiophene rings is 1. The topological polar surface area (TPSA) is 133 Å². The molecule has 2 aromatic rings. The van der Waals surface area contributed by atoms with Gasteiger partial charge in [-0.1, -0.05) is 5.92 Å². The van der Waals surface area contributed by atoms with Gasteiger partial charge >= 0.3 is 6.09 Å². The number of nitrogens with zero attached hydrogens (tertiary/aromatic N) is 7. The molecule has 2 fully saturated rings. The van der Waals surface area contributed by atoms with Crippen molar-refractivity contribution in [2.24, 2.45) is 4.99 Å². The smallest absolute Gasteiger partial charge is 0.410 e. The van der Waals surface area contributed by atoms with Crippen molar-refractivity contribution in [2.75, 3.05) is 40.8 Å². The number of likely N-dealkylation sites (N-methyl/N-ethyl adjacent to an activating group) is 1. The number of fused-ring (bicyclic) bond motifs is 1. The fourth-order valence-corrected chi connectivity index (χ4v) is 8.03. The predicted octanol–water partition coefficient (Wildman–Crippen LogP) is 5.75. The maximum Gasteiger partial charge on any atom is 0.410 e. The molecule has 1 amide bonds. The molecule has 0 unspecified atom stereocenters. The molecule has 3 atom stereocenters. The molecule has 13 heteroatoms. The second-order valence-corrected chi connectivity index (χ2v) is 15.9. The summed E-state index contributed by atoms with van der Waals surface area (Å²) in [5.41, 5.74) is 0.0861. The van der Waals surface area contributed by atoms with E-state index in [1.165, 1.54) is 11.3 Å². The van der Waals surface area contributed by atoms with Gasteiger partial charge in [-0.05, 0) is 86.2 Å². The third-order valence-electron chi connectivity index (χ3n) is 9.25. The molecule has 12 nitrogen and oxygen atoms in total. The van der Waals surface area contributed by atoms with Crippen LogP contribution in [0.4, 0.5) is 9.80 Å². The van der Waals surface area contributed by atoms with Gasteiger partial charge in [0, 0.05) is 56.5 Å². The van der Waals surface area contributed by atoms with Crippen molar-refractivity contribution >= 4 is 34.6 Å². The summed E-state index contributed by atoms with van der Waals surface area (Å²) in [5, 5.41) is 10.8. The van der Waals surface area contributed by atoms with Gasteiger partial charge in [-0.25, -0.2) is 9.79 Å². The molecule has 0 spiro atoms. The minimum absolute atomic E-state index is 0.107. The highest BCUT2D eigenvalue weighted by Gasteiger charge is 2.37. The molecule has 3 aliphatic rings. The van der Waals surface area contributed by atoms with Gasteiger partial charge in [-0.3, -0.25) is 9.69 Å². The van der Waals surface area contributed by atoms with Gasteiger partial charge in [0.25, 0.3) is 5.78 Å². The highest BCUT2D eigenvalue weighted by molar-refractivity contribution is 7.16. The van der Waals surface area contributed by atoms with Crippen molar-refractivity contribution in [1.82, 2.24) is 24.7 Å². The molecule has 0 aromatic carbocycles. The fourth-order valence-electron chi connectivity index (χ4n) is 6.77. The average molecular weight is 704 g/mol. The van der Waals surface area contributed by atoms with Crippen LogP contribution in [0.25, 0.3) is 0 Å². The van der Waals surface area contributed by atoms with E-state index in [0.717, 1.165) is 42.7 Å². The molecule has 0 N–H and O–H groups in total. The Morgan fingerprint density at radius 3 is 2.52 bits per heavy atom. The van der Waals surface area contributed by atoms with E-state index in [9.17, 15) is 14.9 Å². The minimum Gasteiger partial charge on any atom is -0.474 e. The van der Waals surface area contributed by atoms with Crippen molar-refractivity contribution < 1.29 is 23.8 Å². The number of hydrogen-bond donors (Lipinski definition) is 0. The van der Waals surface area contributed by atoms with Crippen molar-refractivity contribution in [2.45, 2.75) is 109 Å². The van der Waals surface area contributed by atoms with Crippen LogP contribution in [0, 0.1) is 23.2 Å². The van der Waals surface area contributed by atoms with E-state index in [0.29, 0.717) is 42.9 Å². The molecule has 268 valence electrons. The Balaban J connectivity index is 1.39. The molecule has 4 heterocycles. The molecule has 2 aromatic heterocycles. The second kappa shape index (κ2) is 15.4. The first kappa shape index (κ1) is 37.1. The van der Waals surface area contributed by atoms with Gasteiger partial charge in [0.15, 0.2) is 0 Å². The fraction of sp³-hybridized carbons (Fsp3) is 0.622. The number of carbonyl (C=O) groups is 2. The van der Waals surface area contributed by atoms with Crippen molar-refractivity contribution in [3.8, 4) is 29.7 Å². The summed E-state index contributed by atoms with van der Waals surface area (Å²) in [7, 11) is 5.85. The zero-order valence-corrected chi connectivity index (χ0v) is 31.4. The van der Waals surface area contributed by atoms with Gasteiger partial charge in [0.2, 0.25) is 17.6 Å². The predicted molar refractivity (Wildman–Crippen MR) is 193 cm³/mol. The van der Waals surface area contributed by atoms with Gasteiger partial charge in [0.05, 0.1) is 23.4 Å². The van der Waals surface area contributed by atoms with Gasteiger partial charge in [-0.2, -0.15) is 15.2 Å². The number of Topliss-reactive ketones (excluding diaryl/α,β-unsaturated/α-hetero) is 1. The van der Waals surface area contributed by atoms with Crippen molar-refractivity contribution in [3.05, 3.63) is 27.9 Å². The first-order valence-electron chi connectivity index (χ1n) is 17.4. The van der Waals surface area contributed by atoms with E-state index < -0.39 is 16.8 Å². The molecular formula is C37H49N7O5S. The Morgan fingerprint density at radius 2 is 1.88 bits per heavy atom. The Hall–Kier alpha value is -4.20. The quantitative estimate of drug-likeness (QED) is 0.110. The number of amides is 1. The molecule has 0 radical (unpaired) electrons. The number of rotatable bonds is 8. The summed E-state index contributed by atoms with van der Waals surface area (Å²) < 4.78 is 18.2. The van der Waals surface area contributed by atoms with E-state index in [4.69, 9.17) is 14.2 Å². The van der Waals surface area contributed by atoms with Gasteiger partial charge in [0.1, 0.15) is 28.9 Å². The highest BCUT2D eigenvalue weighted by atomic mass is 32.1. The van der Waals surface area contributed by atoms with E-state index in [1.54, 1.807) is 17.3 Å². The summed E-state index contributed by atoms with van der Waals surface area (Å²) in [4.78, 5) is 46.7. The molecule has 2 saturated heterocycles. The van der Waals surface area contributed by atoms with Gasteiger partial charge < -0.3 is 24.0 Å². The number of ether oxygens (including phenoxy) is 3. The monoisotopic (exact) mass is 703 g/mol.